The Hall–Kier alpha value is -3.09. The summed E-state index contributed by atoms with van der Waals surface area (Å²) in [4.78, 5) is 17.2. The van der Waals surface area contributed by atoms with Crippen molar-refractivity contribution in [1.29, 1.82) is 5.41 Å². The van der Waals surface area contributed by atoms with E-state index in [1.807, 2.05) is 13.8 Å². The van der Waals surface area contributed by atoms with Crippen LogP contribution in [-0.4, -0.2) is 34.8 Å². The first-order chi connectivity index (χ1) is 14.2. The Morgan fingerprint density at radius 2 is 2.03 bits per heavy atom. The SMILES string of the molecule is CC(=N)c1c(N)cccc1OCC(C)(C)NC(=O)c1ccnc(NC2CCCC2)c1. The molecule has 1 aliphatic rings. The molecule has 5 N–H and O–H groups in total. The van der Waals surface area contributed by atoms with Crippen molar-refractivity contribution in [2.45, 2.75) is 58.0 Å². The van der Waals surface area contributed by atoms with Crippen molar-refractivity contribution in [2.24, 2.45) is 0 Å². The summed E-state index contributed by atoms with van der Waals surface area (Å²) in [5, 5.41) is 14.4. The summed E-state index contributed by atoms with van der Waals surface area (Å²) in [7, 11) is 0. The van der Waals surface area contributed by atoms with E-state index in [1.165, 1.54) is 12.8 Å². The van der Waals surface area contributed by atoms with E-state index in [1.54, 1.807) is 43.5 Å². The van der Waals surface area contributed by atoms with Gasteiger partial charge >= 0.3 is 0 Å². The van der Waals surface area contributed by atoms with Gasteiger partial charge in [0.1, 0.15) is 18.2 Å². The topological polar surface area (TPSA) is 113 Å². The van der Waals surface area contributed by atoms with E-state index in [2.05, 4.69) is 15.6 Å². The van der Waals surface area contributed by atoms with Gasteiger partial charge in [0, 0.05) is 29.2 Å². The number of nitrogens with zero attached hydrogens (tertiary/aromatic N) is 1. The molecule has 1 aromatic heterocycles. The number of carbonyl (C=O) groups excluding carboxylic acids is 1. The van der Waals surface area contributed by atoms with Gasteiger partial charge in [0.25, 0.3) is 5.91 Å². The van der Waals surface area contributed by atoms with Crippen molar-refractivity contribution in [1.82, 2.24) is 10.3 Å². The van der Waals surface area contributed by atoms with E-state index in [0.717, 1.165) is 18.7 Å². The fourth-order valence-electron chi connectivity index (χ4n) is 3.67. The standard InChI is InChI=1S/C23H31N5O2/c1-15(24)21-18(25)9-6-10-19(21)30-14-23(2,3)28-22(29)16-11-12-26-20(13-16)27-17-7-4-5-8-17/h6,9-13,17,24H,4-5,7-8,14,25H2,1-3H3,(H,26,27)(H,28,29). The normalized spacial score (nSPS) is 14.4. The first kappa shape index (κ1) is 21.6. The lowest BCUT2D eigenvalue weighted by Crippen LogP contribution is -2.48. The summed E-state index contributed by atoms with van der Waals surface area (Å²) < 4.78 is 5.93. The Kier molecular flexibility index (Phi) is 6.59. The second-order valence-corrected chi connectivity index (χ2v) is 8.53. The van der Waals surface area contributed by atoms with Gasteiger partial charge < -0.3 is 26.5 Å². The van der Waals surface area contributed by atoms with Crippen molar-refractivity contribution >= 4 is 23.1 Å². The minimum absolute atomic E-state index is 0.184. The number of ether oxygens (including phenoxy) is 1. The van der Waals surface area contributed by atoms with Crippen LogP contribution < -0.4 is 21.1 Å². The predicted molar refractivity (Wildman–Crippen MR) is 121 cm³/mol. The smallest absolute Gasteiger partial charge is 0.252 e. The average molecular weight is 410 g/mol. The van der Waals surface area contributed by atoms with Crippen molar-refractivity contribution in [3.8, 4) is 5.75 Å². The molecule has 1 fully saturated rings. The molecule has 30 heavy (non-hydrogen) atoms. The van der Waals surface area contributed by atoms with Crippen LogP contribution in [-0.2, 0) is 0 Å². The zero-order valence-electron chi connectivity index (χ0n) is 17.9. The van der Waals surface area contributed by atoms with Gasteiger partial charge in [0.15, 0.2) is 0 Å². The lowest BCUT2D eigenvalue weighted by Gasteiger charge is -2.27. The molecule has 160 valence electrons. The van der Waals surface area contributed by atoms with Gasteiger partial charge in [0.2, 0.25) is 0 Å². The van der Waals surface area contributed by atoms with Crippen LogP contribution in [0.4, 0.5) is 11.5 Å². The van der Waals surface area contributed by atoms with Gasteiger partial charge in [0.05, 0.1) is 11.1 Å². The highest BCUT2D eigenvalue weighted by molar-refractivity contribution is 6.03. The largest absolute Gasteiger partial charge is 0.490 e. The number of nitrogen functional groups attached to an aromatic ring is 1. The molecule has 0 spiro atoms. The second kappa shape index (κ2) is 9.15. The molecule has 1 aliphatic carbocycles. The second-order valence-electron chi connectivity index (χ2n) is 8.53. The monoisotopic (exact) mass is 409 g/mol. The maximum Gasteiger partial charge on any atom is 0.252 e. The number of nitrogens with two attached hydrogens (primary N) is 1. The van der Waals surface area contributed by atoms with Crippen LogP contribution in [0.3, 0.4) is 0 Å². The van der Waals surface area contributed by atoms with E-state index < -0.39 is 5.54 Å². The third kappa shape index (κ3) is 5.49. The number of aromatic nitrogens is 1. The molecule has 0 saturated heterocycles. The lowest BCUT2D eigenvalue weighted by atomic mass is 10.1. The third-order valence-electron chi connectivity index (χ3n) is 5.20. The van der Waals surface area contributed by atoms with Gasteiger partial charge in [-0.3, -0.25) is 4.79 Å². The Balaban J connectivity index is 1.63. The van der Waals surface area contributed by atoms with E-state index in [0.29, 0.717) is 34.3 Å². The Morgan fingerprint density at radius 1 is 1.30 bits per heavy atom. The summed E-state index contributed by atoms with van der Waals surface area (Å²) in [6, 6.07) is 9.25. The van der Waals surface area contributed by atoms with Crippen LogP contribution in [0.1, 0.15) is 62.4 Å². The van der Waals surface area contributed by atoms with E-state index in [-0.39, 0.29) is 12.5 Å². The van der Waals surface area contributed by atoms with Crippen LogP contribution in [0, 0.1) is 5.41 Å². The van der Waals surface area contributed by atoms with E-state index in [4.69, 9.17) is 15.9 Å². The number of hydrogen-bond donors (Lipinski definition) is 4. The molecule has 0 aliphatic heterocycles. The van der Waals surface area contributed by atoms with Crippen LogP contribution in [0.25, 0.3) is 0 Å². The number of carbonyl (C=O) groups is 1. The maximum atomic E-state index is 12.8. The quantitative estimate of drug-likeness (QED) is 0.389. The highest BCUT2D eigenvalue weighted by atomic mass is 16.5. The maximum absolute atomic E-state index is 12.8. The molecule has 1 aromatic carbocycles. The molecule has 0 atom stereocenters. The fourth-order valence-corrected chi connectivity index (χ4v) is 3.67. The zero-order valence-corrected chi connectivity index (χ0v) is 17.9. The molecule has 0 unspecified atom stereocenters. The number of pyridine rings is 1. The summed E-state index contributed by atoms with van der Waals surface area (Å²) in [6.45, 7) is 5.70. The van der Waals surface area contributed by atoms with Crippen molar-refractivity contribution in [3.63, 3.8) is 0 Å². The number of hydrogen-bond acceptors (Lipinski definition) is 6. The number of nitrogens with one attached hydrogen (secondary N) is 3. The van der Waals surface area contributed by atoms with Gasteiger partial charge in [-0.1, -0.05) is 18.9 Å². The minimum Gasteiger partial charge on any atom is -0.490 e. The molecule has 3 rings (SSSR count). The molecule has 1 amide bonds. The molecular formula is C23H31N5O2. The van der Waals surface area contributed by atoms with Crippen molar-refractivity contribution < 1.29 is 9.53 Å². The molecule has 1 heterocycles. The summed E-state index contributed by atoms with van der Waals surface area (Å²) >= 11 is 0. The molecule has 1 saturated carbocycles. The summed E-state index contributed by atoms with van der Waals surface area (Å²) in [6.07, 6.45) is 6.41. The molecular weight excluding hydrogens is 378 g/mol. The highest BCUT2D eigenvalue weighted by Gasteiger charge is 2.24. The fraction of sp³-hybridized carbons (Fsp3) is 0.435. The minimum atomic E-state index is -0.628. The molecule has 2 aromatic rings. The molecule has 7 heteroatoms. The van der Waals surface area contributed by atoms with Gasteiger partial charge in [-0.25, -0.2) is 4.98 Å². The lowest BCUT2D eigenvalue weighted by molar-refractivity contribution is 0.0880. The number of rotatable bonds is 8. The Labute approximate surface area is 177 Å². The van der Waals surface area contributed by atoms with Gasteiger partial charge in [-0.15, -0.1) is 0 Å². The summed E-state index contributed by atoms with van der Waals surface area (Å²) in [5.74, 6) is 1.09. The van der Waals surface area contributed by atoms with Crippen LogP contribution >= 0.6 is 0 Å². The predicted octanol–water partition coefficient (Wildman–Crippen LogP) is 3.99. The van der Waals surface area contributed by atoms with Crippen molar-refractivity contribution in [3.05, 3.63) is 47.7 Å². The first-order valence-electron chi connectivity index (χ1n) is 10.4. The van der Waals surface area contributed by atoms with Crippen LogP contribution in [0.15, 0.2) is 36.5 Å². The number of amides is 1. The van der Waals surface area contributed by atoms with E-state index >= 15 is 0 Å². The van der Waals surface area contributed by atoms with E-state index in [9.17, 15) is 4.79 Å². The first-order valence-corrected chi connectivity index (χ1v) is 10.4. The highest BCUT2D eigenvalue weighted by Crippen LogP contribution is 2.26. The third-order valence-corrected chi connectivity index (χ3v) is 5.20. The van der Waals surface area contributed by atoms with Crippen molar-refractivity contribution in [2.75, 3.05) is 17.7 Å². The van der Waals surface area contributed by atoms with Crippen LogP contribution in [0.2, 0.25) is 0 Å². The zero-order chi connectivity index (χ0) is 21.7. The summed E-state index contributed by atoms with van der Waals surface area (Å²) in [5.41, 5.74) is 7.33. The Bertz CT molecular complexity index is 920. The molecule has 0 radical (unpaired) electrons. The average Bonchev–Trinajstić information content (AvgIpc) is 3.19. The van der Waals surface area contributed by atoms with Gasteiger partial charge in [-0.2, -0.15) is 0 Å². The molecule has 7 nitrogen and oxygen atoms in total. The van der Waals surface area contributed by atoms with Crippen LogP contribution in [0.5, 0.6) is 5.75 Å². The molecule has 0 bridgehead atoms. The van der Waals surface area contributed by atoms with Gasteiger partial charge in [-0.05, 0) is 57.9 Å². The number of anilines is 2. The Morgan fingerprint density at radius 3 is 2.73 bits per heavy atom. The number of benzene rings is 1.